The van der Waals surface area contributed by atoms with Crippen molar-refractivity contribution in [2.75, 3.05) is 16.8 Å². The second-order valence-corrected chi connectivity index (χ2v) is 8.19. The van der Waals surface area contributed by atoms with E-state index in [-0.39, 0.29) is 16.6 Å². The van der Waals surface area contributed by atoms with Gasteiger partial charge in [0.15, 0.2) is 5.17 Å². The summed E-state index contributed by atoms with van der Waals surface area (Å²) in [5, 5.41) is 3.49. The third-order valence-corrected chi connectivity index (χ3v) is 4.98. The highest BCUT2D eigenvalue weighted by molar-refractivity contribution is 8.15. The van der Waals surface area contributed by atoms with Crippen LogP contribution in [0.1, 0.15) is 19.4 Å². The van der Waals surface area contributed by atoms with Crippen LogP contribution in [-0.2, 0) is 0 Å². The highest BCUT2D eigenvalue weighted by atomic mass is 32.2. The number of hydrogen-bond donors (Lipinski definition) is 1. The van der Waals surface area contributed by atoms with Gasteiger partial charge in [0, 0.05) is 10.4 Å². The highest BCUT2D eigenvalue weighted by Gasteiger charge is 2.34. The number of aliphatic imine (C=N–C) groups is 1. The average molecular weight is 357 g/mol. The maximum absolute atomic E-state index is 13.1. The standard InChI is InChI=1S/C19H20FN3OS/c1-13-6-4-5-7-16(13)23(18-21-12-19(2,3)25-18)17(24)22-15-10-8-14(20)9-11-15/h4-11H,12H2,1-3H3,(H,22,24). The molecule has 3 rings (SSSR count). The lowest BCUT2D eigenvalue weighted by atomic mass is 10.2. The molecule has 0 fully saturated rings. The van der Waals surface area contributed by atoms with Crippen molar-refractivity contribution in [1.29, 1.82) is 0 Å². The topological polar surface area (TPSA) is 44.7 Å². The van der Waals surface area contributed by atoms with Crippen LogP contribution in [0.4, 0.5) is 20.6 Å². The monoisotopic (exact) mass is 357 g/mol. The second kappa shape index (κ2) is 6.88. The van der Waals surface area contributed by atoms with E-state index in [1.54, 1.807) is 16.7 Å². The predicted molar refractivity (Wildman–Crippen MR) is 103 cm³/mol. The number of nitrogens with one attached hydrogen (secondary N) is 1. The molecule has 0 unspecified atom stereocenters. The van der Waals surface area contributed by atoms with Gasteiger partial charge in [-0.05, 0) is 56.7 Å². The van der Waals surface area contributed by atoms with Gasteiger partial charge in [0.25, 0.3) is 0 Å². The molecule has 25 heavy (non-hydrogen) atoms. The van der Waals surface area contributed by atoms with Crippen LogP contribution in [0.5, 0.6) is 0 Å². The number of para-hydroxylation sites is 1. The van der Waals surface area contributed by atoms with Crippen LogP contribution in [0.2, 0.25) is 0 Å². The van der Waals surface area contributed by atoms with Gasteiger partial charge in [-0.15, -0.1) is 0 Å². The number of anilines is 2. The fourth-order valence-corrected chi connectivity index (χ4v) is 3.54. The molecule has 0 atom stereocenters. The van der Waals surface area contributed by atoms with Gasteiger partial charge in [-0.2, -0.15) is 0 Å². The first-order chi connectivity index (χ1) is 11.9. The molecule has 0 spiro atoms. The molecule has 1 aliphatic rings. The molecule has 1 N–H and O–H groups in total. The molecule has 6 heteroatoms. The van der Waals surface area contributed by atoms with Crippen molar-refractivity contribution in [1.82, 2.24) is 0 Å². The number of amides is 2. The summed E-state index contributed by atoms with van der Waals surface area (Å²) in [4.78, 5) is 19.1. The Balaban J connectivity index is 1.92. The Labute approximate surface area is 151 Å². The number of urea groups is 1. The highest BCUT2D eigenvalue weighted by Crippen LogP contribution is 2.36. The summed E-state index contributed by atoms with van der Waals surface area (Å²) in [7, 11) is 0. The third-order valence-electron chi connectivity index (χ3n) is 3.81. The molecule has 2 aromatic rings. The number of amidine groups is 1. The largest absolute Gasteiger partial charge is 0.332 e. The summed E-state index contributed by atoms with van der Waals surface area (Å²) in [6.07, 6.45) is 0. The lowest BCUT2D eigenvalue weighted by Gasteiger charge is -2.25. The number of rotatable bonds is 2. The molecule has 0 saturated carbocycles. The van der Waals surface area contributed by atoms with Gasteiger partial charge in [0.2, 0.25) is 0 Å². The number of carbonyl (C=O) groups is 1. The Morgan fingerprint density at radius 1 is 1.20 bits per heavy atom. The van der Waals surface area contributed by atoms with Crippen LogP contribution in [0.15, 0.2) is 53.5 Å². The van der Waals surface area contributed by atoms with Gasteiger partial charge in [-0.3, -0.25) is 4.99 Å². The summed E-state index contributed by atoms with van der Waals surface area (Å²) >= 11 is 1.58. The van der Waals surface area contributed by atoms with E-state index in [4.69, 9.17) is 0 Å². The molecule has 2 aromatic carbocycles. The smallest absolute Gasteiger partial charge is 0.307 e. The van der Waals surface area contributed by atoms with E-state index in [0.717, 1.165) is 11.3 Å². The van der Waals surface area contributed by atoms with Crippen molar-refractivity contribution in [2.45, 2.75) is 25.5 Å². The predicted octanol–water partition coefficient (Wildman–Crippen LogP) is 5.05. The van der Waals surface area contributed by atoms with Gasteiger partial charge < -0.3 is 5.32 Å². The Morgan fingerprint density at radius 2 is 1.88 bits per heavy atom. The van der Waals surface area contributed by atoms with E-state index >= 15 is 0 Å². The zero-order chi connectivity index (χ0) is 18.0. The van der Waals surface area contributed by atoms with Crippen LogP contribution < -0.4 is 10.2 Å². The third kappa shape index (κ3) is 4.02. The van der Waals surface area contributed by atoms with Gasteiger partial charge in [0.1, 0.15) is 5.82 Å². The normalized spacial score (nSPS) is 15.6. The lowest BCUT2D eigenvalue weighted by Crippen LogP contribution is -2.39. The minimum Gasteiger partial charge on any atom is -0.307 e. The van der Waals surface area contributed by atoms with Crippen LogP contribution in [0, 0.1) is 12.7 Å². The Kier molecular flexibility index (Phi) is 4.81. The maximum atomic E-state index is 13.1. The first kappa shape index (κ1) is 17.5. The minimum absolute atomic E-state index is 0.0492. The molecule has 1 heterocycles. The average Bonchev–Trinajstić information content (AvgIpc) is 2.91. The molecule has 0 saturated heterocycles. The Bertz CT molecular complexity index is 818. The van der Waals surface area contributed by atoms with E-state index in [9.17, 15) is 9.18 Å². The van der Waals surface area contributed by atoms with Gasteiger partial charge in [-0.25, -0.2) is 14.1 Å². The van der Waals surface area contributed by atoms with Crippen LogP contribution in [0.25, 0.3) is 0 Å². The molecule has 0 aliphatic carbocycles. The fourth-order valence-electron chi connectivity index (χ4n) is 2.51. The summed E-state index contributed by atoms with van der Waals surface area (Å²) in [6, 6.07) is 13.1. The first-order valence-electron chi connectivity index (χ1n) is 8.01. The van der Waals surface area contributed by atoms with Crippen molar-refractivity contribution in [3.05, 3.63) is 59.9 Å². The molecule has 130 valence electrons. The quantitative estimate of drug-likeness (QED) is 0.817. The molecule has 0 aromatic heterocycles. The van der Waals surface area contributed by atoms with Gasteiger partial charge in [-0.1, -0.05) is 30.0 Å². The van der Waals surface area contributed by atoms with Crippen molar-refractivity contribution in [3.8, 4) is 0 Å². The summed E-state index contributed by atoms with van der Waals surface area (Å²) in [5.74, 6) is -0.341. The van der Waals surface area contributed by atoms with Crippen LogP contribution in [-0.4, -0.2) is 22.5 Å². The number of benzene rings is 2. The molecular weight excluding hydrogens is 337 g/mol. The molecule has 4 nitrogen and oxygen atoms in total. The first-order valence-corrected chi connectivity index (χ1v) is 8.83. The second-order valence-electron chi connectivity index (χ2n) is 6.52. The molecule has 0 bridgehead atoms. The van der Waals surface area contributed by atoms with Crippen molar-refractivity contribution < 1.29 is 9.18 Å². The number of carbonyl (C=O) groups excluding carboxylic acids is 1. The molecule has 2 amide bonds. The number of aryl methyl sites for hydroxylation is 1. The Morgan fingerprint density at radius 3 is 2.48 bits per heavy atom. The van der Waals surface area contributed by atoms with Crippen LogP contribution in [0.3, 0.4) is 0 Å². The molecule has 0 radical (unpaired) electrons. The molecular formula is C19H20FN3OS. The number of halogens is 1. The zero-order valence-corrected chi connectivity index (χ0v) is 15.2. The van der Waals surface area contributed by atoms with E-state index in [0.29, 0.717) is 17.4 Å². The number of hydrogen-bond acceptors (Lipinski definition) is 3. The SMILES string of the molecule is Cc1ccccc1N(C(=O)Nc1ccc(F)cc1)C1=NCC(C)(C)S1. The molecule has 1 aliphatic heterocycles. The van der Waals surface area contributed by atoms with Crippen molar-refractivity contribution in [2.24, 2.45) is 4.99 Å². The van der Waals surface area contributed by atoms with Gasteiger partial charge in [0.05, 0.1) is 12.2 Å². The van der Waals surface area contributed by atoms with E-state index < -0.39 is 0 Å². The summed E-state index contributed by atoms with van der Waals surface area (Å²) < 4.78 is 13.0. The van der Waals surface area contributed by atoms with E-state index in [1.165, 1.54) is 24.3 Å². The minimum atomic E-state index is -0.341. The maximum Gasteiger partial charge on any atom is 0.332 e. The van der Waals surface area contributed by atoms with Crippen molar-refractivity contribution >= 4 is 34.3 Å². The zero-order valence-electron chi connectivity index (χ0n) is 14.4. The van der Waals surface area contributed by atoms with E-state index in [2.05, 4.69) is 24.2 Å². The van der Waals surface area contributed by atoms with E-state index in [1.807, 2.05) is 31.2 Å². The Hall–Kier alpha value is -2.34. The van der Waals surface area contributed by atoms with Gasteiger partial charge >= 0.3 is 6.03 Å². The van der Waals surface area contributed by atoms with Crippen molar-refractivity contribution in [3.63, 3.8) is 0 Å². The summed E-state index contributed by atoms with van der Waals surface area (Å²) in [5.41, 5.74) is 2.30. The fraction of sp³-hybridized carbons (Fsp3) is 0.263. The van der Waals surface area contributed by atoms with Crippen LogP contribution >= 0.6 is 11.8 Å². The summed E-state index contributed by atoms with van der Waals surface area (Å²) in [6.45, 7) is 6.81. The number of thioether (sulfide) groups is 1. The number of nitrogens with zero attached hydrogens (tertiary/aromatic N) is 2. The lowest BCUT2D eigenvalue weighted by molar-refractivity contribution is 0.259.